The number of carboxylic acids is 1. The van der Waals surface area contributed by atoms with Gasteiger partial charge < -0.3 is 63.0 Å². The number of likely N-dealkylation sites (tertiary alicyclic amines) is 1. The van der Waals surface area contributed by atoms with Crippen molar-refractivity contribution in [3.63, 3.8) is 0 Å². The molecule has 4 rings (SSSR count). The summed E-state index contributed by atoms with van der Waals surface area (Å²) in [5, 5.41) is 55.0. The van der Waals surface area contributed by atoms with E-state index in [0.717, 1.165) is 0 Å². The van der Waals surface area contributed by atoms with Crippen molar-refractivity contribution in [2.24, 2.45) is 5.73 Å². The van der Waals surface area contributed by atoms with Crippen molar-refractivity contribution in [1.29, 1.82) is 0 Å². The summed E-state index contributed by atoms with van der Waals surface area (Å²) in [5.74, 6) is -7.17. The molecule has 20 nitrogen and oxygen atoms in total. The number of aliphatic carboxylic acids is 1. The summed E-state index contributed by atoms with van der Waals surface area (Å²) < 4.78 is 0. The number of amides is 7. The van der Waals surface area contributed by atoms with Gasteiger partial charge in [0.1, 0.15) is 42.0 Å². The van der Waals surface area contributed by atoms with Crippen molar-refractivity contribution < 1.29 is 58.8 Å². The number of hydrogen-bond acceptors (Lipinski definition) is 12. The summed E-state index contributed by atoms with van der Waals surface area (Å²) in [6.45, 7) is 3.43. The molecule has 3 aromatic rings. The first-order valence-corrected chi connectivity index (χ1v) is 21.1. The van der Waals surface area contributed by atoms with E-state index in [2.05, 4.69) is 31.9 Å². The fourth-order valence-electron chi connectivity index (χ4n) is 7.21. The molecule has 0 bridgehead atoms. The molecule has 0 aliphatic carbocycles. The summed E-state index contributed by atoms with van der Waals surface area (Å²) >= 11 is 0. The van der Waals surface area contributed by atoms with Crippen LogP contribution in [0.1, 0.15) is 50.3 Å². The number of phenolic OH excluding ortho intramolecular Hbond substituents is 1. The van der Waals surface area contributed by atoms with Gasteiger partial charge >= 0.3 is 5.97 Å². The summed E-state index contributed by atoms with van der Waals surface area (Å²) in [4.78, 5) is 108. The zero-order chi connectivity index (χ0) is 47.8. The van der Waals surface area contributed by atoms with E-state index in [0.29, 0.717) is 23.1 Å². The first-order chi connectivity index (χ1) is 30.9. The minimum atomic E-state index is -1.69. The van der Waals surface area contributed by atoms with Crippen LogP contribution in [0.3, 0.4) is 0 Å². The molecule has 0 saturated carbocycles. The Hall–Kier alpha value is -6.90. The largest absolute Gasteiger partial charge is 0.508 e. The van der Waals surface area contributed by atoms with Gasteiger partial charge in [-0.2, -0.15) is 0 Å². The van der Waals surface area contributed by atoms with E-state index in [9.17, 15) is 58.8 Å². The number of carboxylic acid groups (broad SMARTS) is 1. The average Bonchev–Trinajstić information content (AvgIpc) is 3.77. The minimum Gasteiger partial charge on any atom is -0.508 e. The Balaban J connectivity index is 1.55. The maximum atomic E-state index is 14.3. The molecule has 0 aromatic heterocycles. The number of carbonyl (C=O) groups is 8. The lowest BCUT2D eigenvalue weighted by atomic mass is 10.0. The number of phenols is 1. The number of hydrogen-bond donors (Lipinski definition) is 11. The summed E-state index contributed by atoms with van der Waals surface area (Å²) in [6, 6.07) is 13.6. The molecule has 1 heterocycles. The maximum absolute atomic E-state index is 14.3. The fraction of sp³-hybridized carbons (Fsp3) is 0.422. The van der Waals surface area contributed by atoms with Crippen molar-refractivity contribution in [3.8, 4) is 5.75 Å². The van der Waals surface area contributed by atoms with E-state index in [1.807, 2.05) is 0 Å². The van der Waals surface area contributed by atoms with Crippen LogP contribution >= 0.6 is 0 Å². The maximum Gasteiger partial charge on any atom is 0.328 e. The third-order valence-electron chi connectivity index (χ3n) is 10.7. The molecule has 7 amide bonds. The van der Waals surface area contributed by atoms with Gasteiger partial charge in [0, 0.05) is 25.8 Å². The zero-order valence-electron chi connectivity index (χ0n) is 36.3. The highest BCUT2D eigenvalue weighted by atomic mass is 16.4. The average molecular weight is 903 g/mol. The molecule has 12 N–H and O–H groups in total. The lowest BCUT2D eigenvalue weighted by Gasteiger charge is -2.30. The molecule has 350 valence electrons. The van der Waals surface area contributed by atoms with E-state index in [4.69, 9.17) is 5.73 Å². The quantitative estimate of drug-likeness (QED) is 0.0528. The number of nitrogens with zero attached hydrogens (tertiary/aromatic N) is 1. The van der Waals surface area contributed by atoms with Crippen LogP contribution in [-0.2, 0) is 57.6 Å². The van der Waals surface area contributed by atoms with Gasteiger partial charge in [0.05, 0.1) is 18.8 Å². The van der Waals surface area contributed by atoms with Gasteiger partial charge in [0.15, 0.2) is 6.04 Å². The second kappa shape index (κ2) is 24.2. The predicted octanol–water partition coefficient (Wildman–Crippen LogP) is -1.86. The predicted molar refractivity (Wildman–Crippen MR) is 234 cm³/mol. The Morgan fingerprint density at radius 3 is 1.54 bits per heavy atom. The normalized spacial score (nSPS) is 17.1. The topological polar surface area (TPSA) is 319 Å². The molecular formula is C45H58N8O12. The molecule has 1 aliphatic rings. The van der Waals surface area contributed by atoms with Crippen molar-refractivity contribution in [2.45, 2.75) is 107 Å². The first kappa shape index (κ1) is 50.7. The summed E-state index contributed by atoms with van der Waals surface area (Å²) in [7, 11) is 0. The van der Waals surface area contributed by atoms with Gasteiger partial charge in [-0.1, -0.05) is 72.8 Å². The molecule has 1 fully saturated rings. The summed E-state index contributed by atoms with van der Waals surface area (Å²) in [5.41, 5.74) is 7.35. The number of aromatic hydroxyl groups is 1. The number of benzene rings is 3. The van der Waals surface area contributed by atoms with E-state index >= 15 is 0 Å². The Kier molecular flexibility index (Phi) is 18.9. The number of nitrogens with one attached hydrogen (secondary N) is 6. The first-order valence-electron chi connectivity index (χ1n) is 21.1. The number of nitrogens with two attached hydrogens (primary N) is 1. The van der Waals surface area contributed by atoms with Crippen LogP contribution in [0.4, 0.5) is 0 Å². The van der Waals surface area contributed by atoms with Crippen LogP contribution in [-0.4, -0.2) is 140 Å². The van der Waals surface area contributed by atoms with Gasteiger partial charge in [0.25, 0.3) is 0 Å². The Morgan fingerprint density at radius 1 is 0.615 bits per heavy atom. The highest BCUT2D eigenvalue weighted by Gasteiger charge is 2.40. The van der Waals surface area contributed by atoms with Gasteiger partial charge in [0.2, 0.25) is 41.4 Å². The Morgan fingerprint density at radius 2 is 1.08 bits per heavy atom. The van der Waals surface area contributed by atoms with Crippen molar-refractivity contribution in [3.05, 3.63) is 102 Å². The number of aliphatic hydroxyl groups excluding tert-OH is 2. The van der Waals surface area contributed by atoms with Crippen molar-refractivity contribution >= 4 is 47.3 Å². The van der Waals surface area contributed by atoms with Crippen LogP contribution in [0.25, 0.3) is 0 Å². The lowest BCUT2D eigenvalue weighted by molar-refractivity contribution is -0.147. The Labute approximate surface area is 375 Å². The molecule has 1 saturated heterocycles. The fourth-order valence-corrected chi connectivity index (χ4v) is 7.21. The summed E-state index contributed by atoms with van der Waals surface area (Å²) in [6.07, 6.45) is -2.63. The van der Waals surface area contributed by atoms with Crippen LogP contribution < -0.4 is 37.6 Å². The van der Waals surface area contributed by atoms with E-state index < -0.39 is 108 Å². The van der Waals surface area contributed by atoms with E-state index in [-0.39, 0.29) is 38.0 Å². The second-order valence-corrected chi connectivity index (χ2v) is 15.9. The third-order valence-corrected chi connectivity index (χ3v) is 10.7. The molecule has 3 aromatic carbocycles. The third kappa shape index (κ3) is 15.1. The number of aliphatic hydroxyl groups is 2. The lowest BCUT2D eigenvalue weighted by Crippen LogP contribution is -2.62. The molecule has 9 unspecified atom stereocenters. The van der Waals surface area contributed by atoms with Crippen LogP contribution in [0, 0.1) is 0 Å². The van der Waals surface area contributed by atoms with Gasteiger partial charge in [-0.3, -0.25) is 33.6 Å². The smallest absolute Gasteiger partial charge is 0.328 e. The monoisotopic (exact) mass is 902 g/mol. The Bertz CT molecular complexity index is 2120. The molecule has 65 heavy (non-hydrogen) atoms. The highest BCUT2D eigenvalue weighted by molar-refractivity contribution is 5.98. The van der Waals surface area contributed by atoms with E-state index in [1.54, 1.807) is 60.7 Å². The number of rotatable bonds is 22. The van der Waals surface area contributed by atoms with Gasteiger partial charge in [-0.15, -0.1) is 0 Å². The molecule has 0 spiro atoms. The van der Waals surface area contributed by atoms with Crippen molar-refractivity contribution in [2.75, 3.05) is 13.1 Å². The second-order valence-electron chi connectivity index (χ2n) is 15.9. The van der Waals surface area contributed by atoms with Gasteiger partial charge in [-0.25, -0.2) is 4.79 Å². The number of carbonyl (C=O) groups excluding carboxylic acids is 7. The van der Waals surface area contributed by atoms with Crippen molar-refractivity contribution in [1.82, 2.24) is 36.8 Å². The van der Waals surface area contributed by atoms with Gasteiger partial charge in [-0.05, 0) is 62.4 Å². The minimum absolute atomic E-state index is 0.0558. The molecule has 1 aliphatic heterocycles. The highest BCUT2D eigenvalue weighted by Crippen LogP contribution is 2.20. The zero-order valence-corrected chi connectivity index (χ0v) is 36.3. The molecule has 0 radical (unpaired) electrons. The standard InChI is InChI=1S/C45H58N8O12/c1-25(44(63)53-20-10-15-35(53)42(61)52-38(27(3)55)45(64)65)47-43(62)37(26(2)54)51-41(60)34(23-30-16-18-31(56)19-17-30)50-40(59)33(22-29-13-8-5-9-14-29)49-39(58)32(48-36(57)24-46)21-28-11-6-4-7-12-28/h4-9,11-14,16-19,25-27,32-35,37-38,54-56H,10,15,20-24,46H2,1-3H3,(H,47,62)(H,48,57)(H,49,58)(H,50,59)(H,51,60)(H,52,61)(H,64,65). The molecule has 20 heteroatoms. The van der Waals surface area contributed by atoms with Crippen LogP contribution in [0.15, 0.2) is 84.9 Å². The van der Waals surface area contributed by atoms with Crippen LogP contribution in [0.5, 0.6) is 5.75 Å². The molecule has 9 atom stereocenters. The van der Waals surface area contributed by atoms with Crippen LogP contribution in [0.2, 0.25) is 0 Å². The molecular weight excluding hydrogens is 845 g/mol. The SMILES string of the molecule is CC(NC(=O)C(NC(=O)C(Cc1ccc(O)cc1)NC(=O)C(Cc1ccccc1)NC(=O)C(Cc1ccccc1)NC(=O)CN)C(C)O)C(=O)N1CCCC1C(=O)NC(C(=O)O)C(C)O. The van der Waals surface area contributed by atoms with E-state index in [1.165, 1.54) is 49.9 Å².